The largest absolute Gasteiger partial charge is 0.395 e. The number of benzene rings is 1. The van der Waals surface area contributed by atoms with Gasteiger partial charge in [-0.15, -0.1) is 0 Å². The third-order valence-corrected chi connectivity index (χ3v) is 2.65. The normalized spacial score (nSPS) is 15.1. The van der Waals surface area contributed by atoms with Gasteiger partial charge >= 0.3 is 0 Å². The van der Waals surface area contributed by atoms with E-state index in [0.717, 1.165) is 4.47 Å². The molecule has 2 N–H and O–H groups in total. The highest BCUT2D eigenvalue weighted by molar-refractivity contribution is 9.10. The van der Waals surface area contributed by atoms with E-state index in [1.165, 1.54) is 5.56 Å². The van der Waals surface area contributed by atoms with E-state index in [9.17, 15) is 0 Å². The summed E-state index contributed by atoms with van der Waals surface area (Å²) in [6, 6.07) is 8.57. The summed E-state index contributed by atoms with van der Waals surface area (Å²) in [7, 11) is 0. The molecule has 0 bridgehead atoms. The molecule has 2 atom stereocenters. The van der Waals surface area contributed by atoms with Crippen molar-refractivity contribution in [1.82, 2.24) is 5.32 Å². The van der Waals surface area contributed by atoms with Crippen molar-refractivity contribution in [3.63, 3.8) is 0 Å². The van der Waals surface area contributed by atoms with Crippen LogP contribution in [0.2, 0.25) is 0 Å². The number of aliphatic hydroxyl groups is 1. The zero-order chi connectivity index (χ0) is 10.6. The second-order valence-corrected chi connectivity index (χ2v) is 4.44. The fraction of sp³-hybridized carbons (Fsp3) is 0.455. The van der Waals surface area contributed by atoms with Crippen LogP contribution in [-0.4, -0.2) is 17.8 Å². The molecule has 0 saturated carbocycles. The Morgan fingerprint density at radius 3 is 2.71 bits per heavy atom. The molecule has 0 heterocycles. The predicted octanol–water partition coefficient (Wildman–Crippen LogP) is 2.48. The second kappa shape index (κ2) is 5.49. The number of rotatable bonds is 4. The van der Waals surface area contributed by atoms with E-state index in [1.807, 2.05) is 19.1 Å². The number of hydrogen-bond donors (Lipinski definition) is 2. The van der Waals surface area contributed by atoms with E-state index in [1.54, 1.807) is 0 Å². The summed E-state index contributed by atoms with van der Waals surface area (Å²) in [6.45, 7) is 4.22. The highest BCUT2D eigenvalue weighted by atomic mass is 79.9. The topological polar surface area (TPSA) is 32.3 Å². The number of hydrogen-bond acceptors (Lipinski definition) is 2. The van der Waals surface area contributed by atoms with Crippen LogP contribution in [0.25, 0.3) is 0 Å². The van der Waals surface area contributed by atoms with Crippen LogP contribution in [0.15, 0.2) is 28.7 Å². The lowest BCUT2D eigenvalue weighted by Crippen LogP contribution is -2.31. The molecule has 0 amide bonds. The van der Waals surface area contributed by atoms with E-state index in [4.69, 9.17) is 5.11 Å². The van der Waals surface area contributed by atoms with Gasteiger partial charge in [-0.05, 0) is 31.5 Å². The minimum Gasteiger partial charge on any atom is -0.395 e. The minimum absolute atomic E-state index is 0.129. The molecular weight excluding hydrogens is 242 g/mol. The molecular formula is C11H16BrNO. The van der Waals surface area contributed by atoms with Crippen LogP contribution in [0.3, 0.4) is 0 Å². The van der Waals surface area contributed by atoms with Gasteiger partial charge in [0.15, 0.2) is 0 Å². The first-order valence-electron chi connectivity index (χ1n) is 4.76. The van der Waals surface area contributed by atoms with Crippen LogP contribution in [0, 0.1) is 0 Å². The Balaban J connectivity index is 2.64. The Labute approximate surface area is 93.5 Å². The summed E-state index contributed by atoms with van der Waals surface area (Å²) in [5.74, 6) is 0. The molecule has 0 aromatic heterocycles. The number of aliphatic hydroxyl groups excluding tert-OH is 1. The van der Waals surface area contributed by atoms with Crippen molar-refractivity contribution in [3.05, 3.63) is 34.3 Å². The average molecular weight is 258 g/mol. The average Bonchev–Trinajstić information content (AvgIpc) is 2.17. The lowest BCUT2D eigenvalue weighted by atomic mass is 10.1. The Morgan fingerprint density at radius 1 is 1.43 bits per heavy atom. The molecule has 0 unspecified atom stereocenters. The SMILES string of the molecule is C[C@H](N[C@@H](C)CO)c1cccc(Br)c1. The lowest BCUT2D eigenvalue weighted by Gasteiger charge is -2.18. The summed E-state index contributed by atoms with van der Waals surface area (Å²) in [5, 5.41) is 12.2. The van der Waals surface area contributed by atoms with E-state index in [0.29, 0.717) is 0 Å². The van der Waals surface area contributed by atoms with Crippen molar-refractivity contribution in [3.8, 4) is 0 Å². The van der Waals surface area contributed by atoms with Gasteiger partial charge in [-0.2, -0.15) is 0 Å². The van der Waals surface area contributed by atoms with Crippen LogP contribution in [0.1, 0.15) is 25.5 Å². The van der Waals surface area contributed by atoms with Crippen LogP contribution in [-0.2, 0) is 0 Å². The highest BCUT2D eigenvalue weighted by Crippen LogP contribution is 2.17. The Bertz CT molecular complexity index is 290. The van der Waals surface area contributed by atoms with Crippen molar-refractivity contribution >= 4 is 15.9 Å². The van der Waals surface area contributed by atoms with E-state index >= 15 is 0 Å². The quantitative estimate of drug-likeness (QED) is 0.869. The Hall–Kier alpha value is -0.380. The van der Waals surface area contributed by atoms with E-state index < -0.39 is 0 Å². The zero-order valence-electron chi connectivity index (χ0n) is 8.50. The van der Waals surface area contributed by atoms with Crippen molar-refractivity contribution in [2.45, 2.75) is 25.9 Å². The van der Waals surface area contributed by atoms with E-state index in [-0.39, 0.29) is 18.7 Å². The molecule has 2 nitrogen and oxygen atoms in total. The summed E-state index contributed by atoms with van der Waals surface area (Å²) >= 11 is 3.44. The molecule has 14 heavy (non-hydrogen) atoms. The molecule has 0 radical (unpaired) electrons. The van der Waals surface area contributed by atoms with Gasteiger partial charge in [0.05, 0.1) is 6.61 Å². The number of nitrogens with one attached hydrogen (secondary N) is 1. The van der Waals surface area contributed by atoms with Crippen LogP contribution >= 0.6 is 15.9 Å². The van der Waals surface area contributed by atoms with Gasteiger partial charge in [0, 0.05) is 16.6 Å². The first-order valence-corrected chi connectivity index (χ1v) is 5.55. The van der Waals surface area contributed by atoms with Gasteiger partial charge in [0.2, 0.25) is 0 Å². The van der Waals surface area contributed by atoms with Crippen LogP contribution in [0.5, 0.6) is 0 Å². The maximum absolute atomic E-state index is 8.91. The smallest absolute Gasteiger partial charge is 0.0582 e. The summed E-state index contributed by atoms with van der Waals surface area (Å²) < 4.78 is 1.08. The van der Waals surface area contributed by atoms with Gasteiger partial charge in [-0.3, -0.25) is 0 Å². The van der Waals surface area contributed by atoms with Gasteiger partial charge in [0.1, 0.15) is 0 Å². The molecule has 0 spiro atoms. The van der Waals surface area contributed by atoms with Crippen LogP contribution in [0.4, 0.5) is 0 Å². The second-order valence-electron chi connectivity index (χ2n) is 3.53. The van der Waals surface area contributed by atoms with Crippen molar-refractivity contribution < 1.29 is 5.11 Å². The zero-order valence-corrected chi connectivity index (χ0v) is 10.1. The molecule has 0 fully saturated rings. The molecule has 0 saturated heterocycles. The molecule has 0 aliphatic heterocycles. The standard InChI is InChI=1S/C11H16BrNO/c1-8(7-14)13-9(2)10-4-3-5-11(12)6-10/h3-6,8-9,13-14H,7H2,1-2H3/t8-,9-/m0/s1. The van der Waals surface area contributed by atoms with Gasteiger partial charge < -0.3 is 10.4 Å². The number of halogens is 1. The molecule has 1 aromatic rings. The fourth-order valence-corrected chi connectivity index (χ4v) is 1.77. The van der Waals surface area contributed by atoms with Crippen molar-refractivity contribution in [1.29, 1.82) is 0 Å². The molecule has 1 aromatic carbocycles. The monoisotopic (exact) mass is 257 g/mol. The Kier molecular flexibility index (Phi) is 4.58. The molecule has 78 valence electrons. The minimum atomic E-state index is 0.129. The van der Waals surface area contributed by atoms with Gasteiger partial charge in [0.25, 0.3) is 0 Å². The molecule has 0 aliphatic carbocycles. The fourth-order valence-electron chi connectivity index (χ4n) is 1.35. The Morgan fingerprint density at radius 2 is 2.14 bits per heavy atom. The highest BCUT2D eigenvalue weighted by Gasteiger charge is 2.08. The maximum atomic E-state index is 8.91. The van der Waals surface area contributed by atoms with Gasteiger partial charge in [-0.25, -0.2) is 0 Å². The third kappa shape index (κ3) is 3.40. The molecule has 3 heteroatoms. The predicted molar refractivity (Wildman–Crippen MR) is 62.2 cm³/mol. The summed E-state index contributed by atoms with van der Waals surface area (Å²) in [6.07, 6.45) is 0. The first-order chi connectivity index (χ1) is 6.63. The van der Waals surface area contributed by atoms with Crippen molar-refractivity contribution in [2.75, 3.05) is 6.61 Å². The summed E-state index contributed by atoms with van der Waals surface area (Å²) in [4.78, 5) is 0. The molecule has 1 rings (SSSR count). The first kappa shape index (κ1) is 11.7. The van der Waals surface area contributed by atoms with E-state index in [2.05, 4.69) is 40.3 Å². The lowest BCUT2D eigenvalue weighted by molar-refractivity contribution is 0.243. The third-order valence-electron chi connectivity index (χ3n) is 2.16. The van der Waals surface area contributed by atoms with Crippen molar-refractivity contribution in [2.24, 2.45) is 0 Å². The van der Waals surface area contributed by atoms with Gasteiger partial charge in [-0.1, -0.05) is 28.1 Å². The maximum Gasteiger partial charge on any atom is 0.0582 e. The van der Waals surface area contributed by atoms with Crippen LogP contribution < -0.4 is 5.32 Å². The summed E-state index contributed by atoms with van der Waals surface area (Å²) in [5.41, 5.74) is 1.22. The molecule has 0 aliphatic rings.